The van der Waals surface area contributed by atoms with Crippen LogP contribution in [0.15, 0.2) is 24.3 Å². The topological polar surface area (TPSA) is 23.5 Å². The van der Waals surface area contributed by atoms with Gasteiger partial charge in [-0.3, -0.25) is 0 Å². The molecule has 0 saturated carbocycles. The molecule has 1 atom stereocenters. The number of benzene rings is 1. The molecule has 1 rings (SSSR count). The fourth-order valence-electron chi connectivity index (χ4n) is 1.50. The summed E-state index contributed by atoms with van der Waals surface area (Å²) < 4.78 is 0. The van der Waals surface area contributed by atoms with Gasteiger partial charge in [-0.2, -0.15) is 0 Å². The van der Waals surface area contributed by atoms with Crippen molar-refractivity contribution in [2.75, 3.05) is 20.7 Å². The first kappa shape index (κ1) is 10.2. The van der Waals surface area contributed by atoms with Gasteiger partial charge in [0.25, 0.3) is 0 Å². The summed E-state index contributed by atoms with van der Waals surface area (Å²) >= 11 is 0. The highest BCUT2D eigenvalue weighted by atomic mass is 16.3. The van der Waals surface area contributed by atoms with Crippen LogP contribution in [-0.4, -0.2) is 30.7 Å². The van der Waals surface area contributed by atoms with E-state index in [4.69, 9.17) is 0 Å². The van der Waals surface area contributed by atoms with Crippen LogP contribution in [0.5, 0.6) is 0 Å². The summed E-state index contributed by atoms with van der Waals surface area (Å²) in [7, 11) is 3.96. The van der Waals surface area contributed by atoms with E-state index in [1.165, 1.54) is 11.1 Å². The Hall–Kier alpha value is -0.860. The molecule has 0 bridgehead atoms. The van der Waals surface area contributed by atoms with Crippen LogP contribution in [0.2, 0.25) is 0 Å². The highest BCUT2D eigenvalue weighted by Crippen LogP contribution is 2.20. The van der Waals surface area contributed by atoms with E-state index in [9.17, 15) is 5.11 Å². The van der Waals surface area contributed by atoms with Gasteiger partial charge in [0.05, 0.1) is 12.6 Å². The van der Waals surface area contributed by atoms with Crippen molar-refractivity contribution in [1.29, 1.82) is 0 Å². The molecule has 0 aliphatic heterocycles. The largest absolute Gasteiger partial charge is 0.394 e. The zero-order valence-electron chi connectivity index (χ0n) is 8.49. The average molecular weight is 179 g/mol. The normalized spacial score (nSPS) is 13.3. The average Bonchev–Trinajstić information content (AvgIpc) is 2.09. The third kappa shape index (κ3) is 2.29. The molecular formula is C11H17NO. The minimum Gasteiger partial charge on any atom is -0.394 e. The molecule has 0 fully saturated rings. The Bertz CT molecular complexity index is 271. The number of hydrogen-bond donors (Lipinski definition) is 1. The van der Waals surface area contributed by atoms with Crippen molar-refractivity contribution >= 4 is 0 Å². The fourth-order valence-corrected chi connectivity index (χ4v) is 1.50. The molecule has 2 nitrogen and oxygen atoms in total. The Morgan fingerprint density at radius 2 is 1.92 bits per heavy atom. The van der Waals surface area contributed by atoms with Gasteiger partial charge in [-0.15, -0.1) is 0 Å². The summed E-state index contributed by atoms with van der Waals surface area (Å²) in [5.74, 6) is 0. The molecule has 0 saturated heterocycles. The van der Waals surface area contributed by atoms with Crippen LogP contribution in [0.4, 0.5) is 0 Å². The Labute approximate surface area is 79.8 Å². The maximum absolute atomic E-state index is 9.23. The second kappa shape index (κ2) is 4.40. The molecule has 1 aromatic carbocycles. The number of hydrogen-bond acceptors (Lipinski definition) is 2. The first-order chi connectivity index (χ1) is 6.16. The second-order valence-electron chi connectivity index (χ2n) is 3.52. The van der Waals surface area contributed by atoms with Gasteiger partial charge in [-0.25, -0.2) is 0 Å². The number of rotatable bonds is 3. The maximum atomic E-state index is 9.23. The van der Waals surface area contributed by atoms with Gasteiger partial charge in [0.1, 0.15) is 0 Å². The predicted molar refractivity (Wildman–Crippen MR) is 54.7 cm³/mol. The van der Waals surface area contributed by atoms with Crippen LogP contribution in [-0.2, 0) is 0 Å². The van der Waals surface area contributed by atoms with E-state index in [1.54, 1.807) is 0 Å². The smallest absolute Gasteiger partial charge is 0.0628 e. The quantitative estimate of drug-likeness (QED) is 0.761. The van der Waals surface area contributed by atoms with Crippen molar-refractivity contribution in [2.24, 2.45) is 0 Å². The predicted octanol–water partition coefficient (Wildman–Crippen LogP) is 1.59. The highest BCUT2D eigenvalue weighted by Gasteiger charge is 2.13. The van der Waals surface area contributed by atoms with Gasteiger partial charge in [-0.1, -0.05) is 24.3 Å². The molecule has 0 spiro atoms. The van der Waals surface area contributed by atoms with Crippen molar-refractivity contribution in [3.8, 4) is 0 Å². The number of aliphatic hydroxyl groups is 1. The van der Waals surface area contributed by atoms with Crippen molar-refractivity contribution < 1.29 is 5.11 Å². The third-order valence-electron chi connectivity index (χ3n) is 2.34. The lowest BCUT2D eigenvalue weighted by atomic mass is 10.0. The third-order valence-corrected chi connectivity index (χ3v) is 2.34. The van der Waals surface area contributed by atoms with Crippen molar-refractivity contribution in [3.63, 3.8) is 0 Å². The molecule has 0 aromatic heterocycles. The van der Waals surface area contributed by atoms with Crippen LogP contribution in [0.1, 0.15) is 17.2 Å². The van der Waals surface area contributed by atoms with Crippen LogP contribution < -0.4 is 0 Å². The van der Waals surface area contributed by atoms with Gasteiger partial charge in [-0.05, 0) is 32.1 Å². The van der Waals surface area contributed by atoms with Crippen molar-refractivity contribution in [2.45, 2.75) is 13.0 Å². The summed E-state index contributed by atoms with van der Waals surface area (Å²) in [6.45, 7) is 2.24. The summed E-state index contributed by atoms with van der Waals surface area (Å²) in [6, 6.07) is 8.27. The molecular weight excluding hydrogens is 162 g/mol. The van der Waals surface area contributed by atoms with Crippen LogP contribution in [0, 0.1) is 6.92 Å². The number of nitrogens with zero attached hydrogens (tertiary/aromatic N) is 1. The summed E-state index contributed by atoms with van der Waals surface area (Å²) in [5.41, 5.74) is 2.44. The Kier molecular flexibility index (Phi) is 3.46. The number of aliphatic hydroxyl groups excluding tert-OH is 1. The van der Waals surface area contributed by atoms with Crippen LogP contribution >= 0.6 is 0 Å². The van der Waals surface area contributed by atoms with E-state index in [2.05, 4.69) is 19.1 Å². The second-order valence-corrected chi connectivity index (χ2v) is 3.52. The molecule has 0 heterocycles. The lowest BCUT2D eigenvalue weighted by Crippen LogP contribution is -2.23. The maximum Gasteiger partial charge on any atom is 0.0628 e. The Morgan fingerprint density at radius 1 is 1.31 bits per heavy atom. The summed E-state index contributed by atoms with van der Waals surface area (Å²) in [6.07, 6.45) is 0. The van der Waals surface area contributed by atoms with Gasteiger partial charge >= 0.3 is 0 Å². The minimum atomic E-state index is 0.112. The van der Waals surface area contributed by atoms with Gasteiger partial charge in [0.15, 0.2) is 0 Å². The van der Waals surface area contributed by atoms with Gasteiger partial charge < -0.3 is 10.0 Å². The lowest BCUT2D eigenvalue weighted by molar-refractivity contribution is 0.170. The molecule has 1 aromatic rings. The monoisotopic (exact) mass is 179 g/mol. The zero-order chi connectivity index (χ0) is 9.84. The molecule has 0 aliphatic rings. The zero-order valence-corrected chi connectivity index (χ0v) is 8.49. The summed E-state index contributed by atoms with van der Waals surface area (Å²) in [4.78, 5) is 2.03. The molecule has 72 valence electrons. The van der Waals surface area contributed by atoms with Crippen LogP contribution in [0.25, 0.3) is 0 Å². The minimum absolute atomic E-state index is 0.112. The van der Waals surface area contributed by atoms with E-state index in [1.807, 2.05) is 31.1 Å². The Balaban J connectivity index is 2.97. The molecule has 2 heteroatoms. The van der Waals surface area contributed by atoms with E-state index >= 15 is 0 Å². The molecule has 1 N–H and O–H groups in total. The van der Waals surface area contributed by atoms with Gasteiger partial charge in [0.2, 0.25) is 0 Å². The standard InChI is InChI=1S/C11H17NO/c1-9-6-4-5-7-10(9)11(8-13)12(2)3/h4-7,11,13H,8H2,1-3H3. The number of aryl methyl sites for hydroxylation is 1. The first-order valence-electron chi connectivity index (χ1n) is 4.49. The van der Waals surface area contributed by atoms with E-state index < -0.39 is 0 Å². The van der Waals surface area contributed by atoms with Crippen molar-refractivity contribution in [3.05, 3.63) is 35.4 Å². The SMILES string of the molecule is Cc1ccccc1C(CO)N(C)C. The van der Waals surface area contributed by atoms with E-state index in [0.29, 0.717) is 0 Å². The molecule has 13 heavy (non-hydrogen) atoms. The molecule has 0 radical (unpaired) electrons. The molecule has 0 amide bonds. The summed E-state index contributed by atoms with van der Waals surface area (Å²) in [5, 5.41) is 9.23. The molecule has 0 aliphatic carbocycles. The highest BCUT2D eigenvalue weighted by molar-refractivity contribution is 5.28. The number of likely N-dealkylation sites (N-methyl/N-ethyl adjacent to an activating group) is 1. The van der Waals surface area contributed by atoms with Crippen molar-refractivity contribution in [1.82, 2.24) is 4.90 Å². The fraction of sp³-hybridized carbons (Fsp3) is 0.455. The van der Waals surface area contributed by atoms with E-state index in [-0.39, 0.29) is 12.6 Å². The lowest BCUT2D eigenvalue weighted by Gasteiger charge is -2.23. The van der Waals surface area contributed by atoms with E-state index in [0.717, 1.165) is 0 Å². The molecule has 1 unspecified atom stereocenters. The van der Waals surface area contributed by atoms with Gasteiger partial charge in [0, 0.05) is 0 Å². The first-order valence-corrected chi connectivity index (χ1v) is 4.49. The van der Waals surface area contributed by atoms with Crippen LogP contribution in [0.3, 0.4) is 0 Å². The Morgan fingerprint density at radius 3 is 2.38 bits per heavy atom.